The summed E-state index contributed by atoms with van der Waals surface area (Å²) in [7, 11) is -3.44. The number of halogens is 3. The predicted octanol–water partition coefficient (Wildman–Crippen LogP) is 3.90. The molecule has 2 heterocycles. The van der Waals surface area contributed by atoms with Crippen LogP contribution >= 0.6 is 0 Å². The second-order valence-corrected chi connectivity index (χ2v) is 8.34. The van der Waals surface area contributed by atoms with Gasteiger partial charge in [-0.2, -0.15) is 13.2 Å². The molecule has 4 aromatic rings. The van der Waals surface area contributed by atoms with Gasteiger partial charge in [0.05, 0.1) is 16.1 Å². The number of hydrogen-bond donors (Lipinski definition) is 0. The van der Waals surface area contributed by atoms with Crippen molar-refractivity contribution in [1.82, 2.24) is 19.7 Å². The Kier molecular flexibility index (Phi) is 4.38. The summed E-state index contributed by atoms with van der Waals surface area (Å²) in [4.78, 5) is 8.09. The molecular formula is C19H13F3N4O2S. The summed E-state index contributed by atoms with van der Waals surface area (Å²) >= 11 is 0. The molecule has 2 aromatic heterocycles. The fourth-order valence-corrected chi connectivity index (χ4v) is 3.43. The van der Waals surface area contributed by atoms with Gasteiger partial charge in [0.15, 0.2) is 15.7 Å². The summed E-state index contributed by atoms with van der Waals surface area (Å²) in [6.45, 7) is 0. The third-order valence-corrected chi connectivity index (χ3v) is 5.33. The third-order valence-electron chi connectivity index (χ3n) is 4.20. The van der Waals surface area contributed by atoms with Gasteiger partial charge in [-0.1, -0.05) is 24.3 Å². The lowest BCUT2D eigenvalue weighted by atomic mass is 10.2. The molecule has 4 rings (SSSR count). The number of aromatic nitrogens is 4. The van der Waals surface area contributed by atoms with Crippen molar-refractivity contribution in [3.63, 3.8) is 0 Å². The molecule has 0 saturated carbocycles. The number of pyridine rings is 1. The first-order valence-corrected chi connectivity index (χ1v) is 10.2. The van der Waals surface area contributed by atoms with Gasteiger partial charge in [0.25, 0.3) is 5.82 Å². The number of benzene rings is 2. The Morgan fingerprint density at radius 1 is 0.897 bits per heavy atom. The summed E-state index contributed by atoms with van der Waals surface area (Å²) in [5, 5.41) is 4.42. The van der Waals surface area contributed by atoms with Crippen molar-refractivity contribution in [2.24, 2.45) is 0 Å². The number of sulfone groups is 1. The Bertz CT molecular complexity index is 1310. The first-order chi connectivity index (χ1) is 13.6. The van der Waals surface area contributed by atoms with Gasteiger partial charge in [0.1, 0.15) is 5.69 Å². The van der Waals surface area contributed by atoms with Crippen LogP contribution in [0.4, 0.5) is 13.2 Å². The summed E-state index contributed by atoms with van der Waals surface area (Å²) in [6, 6.07) is 15.8. The average molecular weight is 418 g/mol. The molecule has 0 N–H and O–H groups in total. The van der Waals surface area contributed by atoms with Gasteiger partial charge in [0, 0.05) is 11.6 Å². The van der Waals surface area contributed by atoms with E-state index in [0.717, 1.165) is 16.3 Å². The highest BCUT2D eigenvalue weighted by atomic mass is 32.2. The maximum atomic E-state index is 13.2. The van der Waals surface area contributed by atoms with Gasteiger partial charge >= 0.3 is 6.18 Å². The highest BCUT2D eigenvalue weighted by Crippen LogP contribution is 2.30. The summed E-state index contributed by atoms with van der Waals surface area (Å²) in [6.07, 6.45) is -3.70. The smallest absolute Gasteiger partial charge is 0.244 e. The number of rotatable bonds is 3. The second-order valence-electron chi connectivity index (χ2n) is 6.32. The van der Waals surface area contributed by atoms with Crippen molar-refractivity contribution in [3.05, 3.63) is 66.5 Å². The van der Waals surface area contributed by atoms with Crippen molar-refractivity contribution in [1.29, 1.82) is 0 Å². The standard InChI is InChI=1S/C19H13F3N4O2S/c1-29(27,28)14-9-7-13(8-10-14)26-17(24-18(25-26)19(20,21)22)16-11-6-12-4-2-3-5-15(12)23-16/h2-11H,1H3. The van der Waals surface area contributed by atoms with Gasteiger partial charge in [-0.05, 0) is 36.4 Å². The van der Waals surface area contributed by atoms with Gasteiger partial charge in [-0.25, -0.2) is 23.1 Å². The fourth-order valence-electron chi connectivity index (χ4n) is 2.80. The minimum atomic E-state index is -4.75. The van der Waals surface area contributed by atoms with Crippen LogP contribution in [0.25, 0.3) is 28.1 Å². The third kappa shape index (κ3) is 3.70. The van der Waals surface area contributed by atoms with Crippen molar-refractivity contribution in [3.8, 4) is 17.2 Å². The molecule has 0 saturated heterocycles. The molecule has 0 unspecified atom stereocenters. The van der Waals surface area contributed by atoms with E-state index in [-0.39, 0.29) is 22.1 Å². The van der Waals surface area contributed by atoms with E-state index >= 15 is 0 Å². The van der Waals surface area contributed by atoms with E-state index in [1.165, 1.54) is 24.3 Å². The molecule has 148 valence electrons. The summed E-state index contributed by atoms with van der Waals surface area (Å²) < 4.78 is 64.0. The fraction of sp³-hybridized carbons (Fsp3) is 0.105. The predicted molar refractivity (Wildman–Crippen MR) is 100 cm³/mol. The van der Waals surface area contributed by atoms with Gasteiger partial charge in [-0.3, -0.25) is 0 Å². The highest BCUT2D eigenvalue weighted by Gasteiger charge is 2.37. The minimum absolute atomic E-state index is 0.0443. The molecule has 0 aliphatic carbocycles. The lowest BCUT2D eigenvalue weighted by Gasteiger charge is -2.07. The monoisotopic (exact) mass is 418 g/mol. The van der Waals surface area contributed by atoms with Gasteiger partial charge in [-0.15, -0.1) is 5.10 Å². The zero-order valence-corrected chi connectivity index (χ0v) is 15.7. The number of hydrogen-bond acceptors (Lipinski definition) is 5. The van der Waals surface area contributed by atoms with Crippen molar-refractivity contribution >= 4 is 20.7 Å². The molecule has 0 radical (unpaired) electrons. The number of alkyl halides is 3. The van der Waals surface area contributed by atoms with Crippen LogP contribution in [0.15, 0.2) is 65.6 Å². The zero-order valence-electron chi connectivity index (χ0n) is 14.9. The molecule has 2 aromatic carbocycles. The van der Waals surface area contributed by atoms with Crippen LogP contribution in [-0.4, -0.2) is 34.4 Å². The molecule has 0 amide bonds. The zero-order chi connectivity index (χ0) is 20.8. The quantitative estimate of drug-likeness (QED) is 0.504. The number of fused-ring (bicyclic) bond motifs is 1. The topological polar surface area (TPSA) is 77.7 Å². The maximum Gasteiger partial charge on any atom is 0.453 e. The normalized spacial score (nSPS) is 12.4. The molecule has 0 aliphatic rings. The lowest BCUT2D eigenvalue weighted by molar-refractivity contribution is -0.144. The van der Waals surface area contributed by atoms with Crippen LogP contribution in [-0.2, 0) is 16.0 Å². The molecule has 0 spiro atoms. The van der Waals surface area contributed by atoms with Crippen LogP contribution in [0.2, 0.25) is 0 Å². The number of para-hydroxylation sites is 1. The highest BCUT2D eigenvalue weighted by molar-refractivity contribution is 7.90. The molecular weight excluding hydrogens is 405 g/mol. The average Bonchev–Trinajstić information content (AvgIpc) is 3.13. The molecule has 0 aliphatic heterocycles. The SMILES string of the molecule is CS(=O)(=O)c1ccc(-n2nc(C(F)(F)F)nc2-c2ccc3ccccc3n2)cc1. The molecule has 0 atom stereocenters. The van der Waals surface area contributed by atoms with E-state index in [0.29, 0.717) is 5.52 Å². The molecule has 29 heavy (non-hydrogen) atoms. The van der Waals surface area contributed by atoms with Gasteiger partial charge < -0.3 is 0 Å². The Labute approximate surface area is 163 Å². The largest absolute Gasteiger partial charge is 0.453 e. The first-order valence-electron chi connectivity index (χ1n) is 8.34. The molecule has 10 heteroatoms. The lowest BCUT2D eigenvalue weighted by Crippen LogP contribution is -2.08. The Hall–Kier alpha value is -3.27. The second kappa shape index (κ2) is 6.66. The van der Waals surface area contributed by atoms with Gasteiger partial charge in [0.2, 0.25) is 0 Å². The molecule has 0 fully saturated rings. The van der Waals surface area contributed by atoms with Crippen molar-refractivity contribution < 1.29 is 21.6 Å². The van der Waals surface area contributed by atoms with E-state index in [9.17, 15) is 21.6 Å². The van der Waals surface area contributed by atoms with Crippen molar-refractivity contribution in [2.75, 3.05) is 6.26 Å². The Morgan fingerprint density at radius 3 is 2.24 bits per heavy atom. The van der Waals surface area contributed by atoms with E-state index in [1.54, 1.807) is 24.3 Å². The van der Waals surface area contributed by atoms with E-state index in [1.807, 2.05) is 12.1 Å². The van der Waals surface area contributed by atoms with Crippen LogP contribution < -0.4 is 0 Å². The summed E-state index contributed by atoms with van der Waals surface area (Å²) in [5.41, 5.74) is 1.03. The molecule has 0 bridgehead atoms. The Balaban J connectivity index is 1.90. The van der Waals surface area contributed by atoms with Crippen LogP contribution in [0.3, 0.4) is 0 Å². The van der Waals surface area contributed by atoms with Crippen LogP contribution in [0.1, 0.15) is 5.82 Å². The summed E-state index contributed by atoms with van der Waals surface area (Å²) in [5.74, 6) is -1.41. The van der Waals surface area contributed by atoms with E-state index in [2.05, 4.69) is 15.1 Å². The maximum absolute atomic E-state index is 13.2. The van der Waals surface area contributed by atoms with E-state index < -0.39 is 21.8 Å². The number of nitrogens with zero attached hydrogens (tertiary/aromatic N) is 4. The Morgan fingerprint density at radius 2 is 1.59 bits per heavy atom. The van der Waals surface area contributed by atoms with Crippen molar-refractivity contribution in [2.45, 2.75) is 11.1 Å². The molecule has 6 nitrogen and oxygen atoms in total. The van der Waals surface area contributed by atoms with Crippen LogP contribution in [0.5, 0.6) is 0 Å². The van der Waals surface area contributed by atoms with E-state index in [4.69, 9.17) is 0 Å². The van der Waals surface area contributed by atoms with Crippen LogP contribution in [0, 0.1) is 0 Å². The minimum Gasteiger partial charge on any atom is -0.244 e. The first kappa shape index (κ1) is 19.1.